The number of halogens is 1. The van der Waals surface area contributed by atoms with E-state index in [1.165, 1.54) is 24.5 Å². The summed E-state index contributed by atoms with van der Waals surface area (Å²) in [4.78, 5) is 17.2. The molecular formula is C16H15FN2O3S. The van der Waals surface area contributed by atoms with Crippen molar-refractivity contribution in [1.82, 2.24) is 5.32 Å². The van der Waals surface area contributed by atoms with Crippen LogP contribution in [0.15, 0.2) is 40.2 Å². The monoisotopic (exact) mass is 334 g/mol. The van der Waals surface area contributed by atoms with Crippen LogP contribution in [0.3, 0.4) is 0 Å². The number of nitrogens with zero attached hydrogens (tertiary/aromatic N) is 1. The molecular weight excluding hydrogens is 319 g/mol. The van der Waals surface area contributed by atoms with Gasteiger partial charge in [-0.1, -0.05) is 5.16 Å². The second-order valence-corrected chi connectivity index (χ2v) is 5.82. The number of hydrogen-bond donors (Lipinski definition) is 1. The van der Waals surface area contributed by atoms with Gasteiger partial charge in [0.25, 0.3) is 5.91 Å². The van der Waals surface area contributed by atoms with Gasteiger partial charge in [0.1, 0.15) is 6.10 Å². The lowest BCUT2D eigenvalue weighted by Gasteiger charge is -2.09. The van der Waals surface area contributed by atoms with Crippen LogP contribution in [0.5, 0.6) is 5.75 Å². The van der Waals surface area contributed by atoms with Crippen molar-refractivity contribution >= 4 is 23.0 Å². The summed E-state index contributed by atoms with van der Waals surface area (Å²) in [6, 6.07) is 6.42. The lowest BCUT2D eigenvalue weighted by Crippen LogP contribution is -2.32. The van der Waals surface area contributed by atoms with Gasteiger partial charge in [-0.05, 0) is 29.6 Å². The summed E-state index contributed by atoms with van der Waals surface area (Å²) < 4.78 is 18.6. The van der Waals surface area contributed by atoms with Gasteiger partial charge in [0.05, 0.1) is 19.4 Å². The third kappa shape index (κ3) is 3.50. The zero-order valence-corrected chi connectivity index (χ0v) is 13.2. The molecule has 0 radical (unpaired) electrons. The van der Waals surface area contributed by atoms with Crippen LogP contribution in [-0.2, 0) is 4.84 Å². The van der Waals surface area contributed by atoms with Gasteiger partial charge in [-0.15, -0.1) is 0 Å². The van der Waals surface area contributed by atoms with Crippen molar-refractivity contribution in [2.75, 3.05) is 13.7 Å². The third-order valence-corrected chi connectivity index (χ3v) is 4.17. The zero-order chi connectivity index (χ0) is 16.2. The molecule has 0 bridgehead atoms. The largest absolute Gasteiger partial charge is 0.494 e. The molecule has 0 aliphatic carbocycles. The Kier molecular flexibility index (Phi) is 4.57. The molecule has 1 aromatic heterocycles. The second-order valence-electron chi connectivity index (χ2n) is 5.04. The van der Waals surface area contributed by atoms with E-state index in [-0.39, 0.29) is 17.8 Å². The van der Waals surface area contributed by atoms with Crippen LogP contribution >= 0.6 is 11.3 Å². The first kappa shape index (κ1) is 15.5. The van der Waals surface area contributed by atoms with E-state index in [0.29, 0.717) is 29.8 Å². The van der Waals surface area contributed by atoms with E-state index in [1.807, 2.05) is 5.38 Å². The van der Waals surface area contributed by atoms with Crippen molar-refractivity contribution in [2.45, 2.75) is 12.5 Å². The molecule has 1 N–H and O–H groups in total. The van der Waals surface area contributed by atoms with Crippen LogP contribution in [0, 0.1) is 5.82 Å². The highest BCUT2D eigenvalue weighted by atomic mass is 32.1. The number of rotatable bonds is 5. The summed E-state index contributed by atoms with van der Waals surface area (Å²) in [5, 5.41) is 10.4. The Bertz CT molecular complexity index is 731. The molecule has 23 heavy (non-hydrogen) atoms. The predicted octanol–water partition coefficient (Wildman–Crippen LogP) is 2.82. The number of thiophene rings is 1. The molecule has 1 aliphatic rings. The Morgan fingerprint density at radius 3 is 3.09 bits per heavy atom. The second kappa shape index (κ2) is 6.78. The van der Waals surface area contributed by atoms with Crippen LogP contribution in [0.25, 0.3) is 0 Å². The standard InChI is InChI=1S/C16H15FN2O3S/c1-21-15-3-2-10(6-13(15)17)14-7-12(22-19-14)8-18-16(20)11-4-5-23-9-11/h2-6,9,12H,7-8H2,1H3,(H,18,20)/t12-/m0/s1. The average Bonchev–Trinajstić information content (AvgIpc) is 3.24. The molecule has 2 aromatic rings. The van der Waals surface area contributed by atoms with Crippen LogP contribution in [0.1, 0.15) is 22.3 Å². The molecule has 1 amide bonds. The maximum absolute atomic E-state index is 13.7. The molecule has 3 rings (SSSR count). The Hall–Kier alpha value is -2.41. The average molecular weight is 334 g/mol. The Morgan fingerprint density at radius 1 is 1.52 bits per heavy atom. The van der Waals surface area contributed by atoms with Crippen molar-refractivity contribution in [3.8, 4) is 5.75 Å². The summed E-state index contributed by atoms with van der Waals surface area (Å²) >= 11 is 1.47. The molecule has 0 unspecified atom stereocenters. The van der Waals surface area contributed by atoms with Crippen LogP contribution in [-0.4, -0.2) is 31.4 Å². The third-order valence-electron chi connectivity index (χ3n) is 3.49. The fraction of sp³-hybridized carbons (Fsp3) is 0.250. The Morgan fingerprint density at radius 2 is 2.39 bits per heavy atom. The van der Waals surface area contributed by atoms with E-state index in [2.05, 4.69) is 10.5 Å². The minimum Gasteiger partial charge on any atom is -0.494 e. The fourth-order valence-corrected chi connectivity index (χ4v) is 2.89. The summed E-state index contributed by atoms with van der Waals surface area (Å²) in [5.41, 5.74) is 1.93. The maximum Gasteiger partial charge on any atom is 0.252 e. The van der Waals surface area contributed by atoms with Crippen molar-refractivity contribution in [3.05, 3.63) is 52.0 Å². The molecule has 7 heteroatoms. The molecule has 1 atom stereocenters. The van der Waals surface area contributed by atoms with E-state index in [4.69, 9.17) is 9.57 Å². The molecule has 0 spiro atoms. The Labute approximate surface area is 136 Å². The van der Waals surface area contributed by atoms with Gasteiger partial charge in [0.15, 0.2) is 11.6 Å². The van der Waals surface area contributed by atoms with E-state index in [9.17, 15) is 9.18 Å². The molecule has 0 saturated heterocycles. The van der Waals surface area contributed by atoms with Crippen molar-refractivity contribution in [1.29, 1.82) is 0 Å². The number of amides is 1. The molecule has 1 aromatic carbocycles. The van der Waals surface area contributed by atoms with Gasteiger partial charge in [0.2, 0.25) is 0 Å². The predicted molar refractivity (Wildman–Crippen MR) is 85.6 cm³/mol. The number of carbonyl (C=O) groups excluding carboxylic acids is 1. The van der Waals surface area contributed by atoms with E-state index in [1.54, 1.807) is 23.6 Å². The highest BCUT2D eigenvalue weighted by molar-refractivity contribution is 7.08. The molecule has 2 heterocycles. The summed E-state index contributed by atoms with van der Waals surface area (Å²) in [6.07, 6.45) is 0.258. The number of carbonyl (C=O) groups is 1. The molecule has 0 saturated carbocycles. The first-order chi connectivity index (χ1) is 11.2. The van der Waals surface area contributed by atoms with Crippen LogP contribution in [0.4, 0.5) is 4.39 Å². The summed E-state index contributed by atoms with van der Waals surface area (Å²) in [5.74, 6) is -0.395. The molecule has 120 valence electrons. The maximum atomic E-state index is 13.7. The Balaban J connectivity index is 1.56. The molecule has 1 aliphatic heterocycles. The van der Waals surface area contributed by atoms with E-state index < -0.39 is 5.82 Å². The van der Waals surface area contributed by atoms with Crippen molar-refractivity contribution in [3.63, 3.8) is 0 Å². The highest BCUT2D eigenvalue weighted by Gasteiger charge is 2.23. The highest BCUT2D eigenvalue weighted by Crippen LogP contribution is 2.22. The number of nitrogens with one attached hydrogen (secondary N) is 1. The van der Waals surface area contributed by atoms with Gasteiger partial charge in [-0.25, -0.2) is 4.39 Å². The summed E-state index contributed by atoms with van der Waals surface area (Å²) in [7, 11) is 1.42. The van der Waals surface area contributed by atoms with Crippen LogP contribution in [0.2, 0.25) is 0 Å². The minimum absolute atomic E-state index is 0.140. The lowest BCUT2D eigenvalue weighted by atomic mass is 10.0. The fourth-order valence-electron chi connectivity index (χ4n) is 2.26. The number of ether oxygens (including phenoxy) is 1. The quantitative estimate of drug-likeness (QED) is 0.915. The number of oxime groups is 1. The molecule has 5 nitrogen and oxygen atoms in total. The van der Waals surface area contributed by atoms with Gasteiger partial charge < -0.3 is 14.9 Å². The van der Waals surface area contributed by atoms with E-state index in [0.717, 1.165) is 0 Å². The smallest absolute Gasteiger partial charge is 0.252 e. The number of methoxy groups -OCH3 is 1. The number of hydrogen-bond acceptors (Lipinski definition) is 5. The van der Waals surface area contributed by atoms with Crippen LogP contribution < -0.4 is 10.1 Å². The SMILES string of the molecule is COc1ccc(C2=NO[C@H](CNC(=O)c3ccsc3)C2)cc1F. The lowest BCUT2D eigenvalue weighted by molar-refractivity contribution is 0.0754. The van der Waals surface area contributed by atoms with Gasteiger partial charge >= 0.3 is 0 Å². The topological polar surface area (TPSA) is 59.9 Å². The van der Waals surface area contributed by atoms with Crippen molar-refractivity contribution in [2.24, 2.45) is 5.16 Å². The van der Waals surface area contributed by atoms with Crippen molar-refractivity contribution < 1.29 is 18.8 Å². The first-order valence-corrected chi connectivity index (χ1v) is 7.98. The normalized spacial score (nSPS) is 16.6. The molecule has 0 fully saturated rings. The summed E-state index contributed by atoms with van der Waals surface area (Å²) in [6.45, 7) is 0.348. The minimum atomic E-state index is -0.443. The van der Waals surface area contributed by atoms with Gasteiger partial charge in [-0.2, -0.15) is 11.3 Å². The van der Waals surface area contributed by atoms with E-state index >= 15 is 0 Å². The van der Waals surface area contributed by atoms with Gasteiger partial charge in [0, 0.05) is 22.9 Å². The zero-order valence-electron chi connectivity index (χ0n) is 12.4. The number of benzene rings is 1. The van der Waals surface area contributed by atoms with Gasteiger partial charge in [-0.3, -0.25) is 4.79 Å². The first-order valence-electron chi connectivity index (χ1n) is 7.04.